The summed E-state index contributed by atoms with van der Waals surface area (Å²) in [5.41, 5.74) is 5.02. The van der Waals surface area contributed by atoms with Crippen molar-refractivity contribution in [3.05, 3.63) is 22.2 Å². The number of aromatic nitrogens is 2. The lowest BCUT2D eigenvalue weighted by molar-refractivity contribution is -0.173. The van der Waals surface area contributed by atoms with E-state index in [0.717, 1.165) is 4.57 Å². The topological polar surface area (TPSA) is 160 Å². The molecule has 1 aromatic heterocycles. The van der Waals surface area contributed by atoms with Gasteiger partial charge in [0.25, 0.3) is 0 Å². The van der Waals surface area contributed by atoms with Crippen molar-refractivity contribution in [2.45, 2.75) is 43.6 Å². The Balaban J connectivity index is 2.08. The molecule has 0 radical (unpaired) electrons. The number of nitrogens with zero attached hydrogens (tertiary/aromatic N) is 2. The minimum Gasteiger partial charge on any atom is -0.394 e. The predicted molar refractivity (Wildman–Crippen MR) is 83.3 cm³/mol. The quantitative estimate of drug-likeness (QED) is 0.347. The number of aryl methyl sites for hydroxylation is 1. The van der Waals surface area contributed by atoms with Gasteiger partial charge >= 0.3 is 17.8 Å². The van der Waals surface area contributed by atoms with Crippen molar-refractivity contribution in [1.29, 1.82) is 0 Å². The van der Waals surface area contributed by atoms with Crippen molar-refractivity contribution in [3.8, 4) is 0 Å². The van der Waals surface area contributed by atoms with E-state index in [-0.39, 0.29) is 30.8 Å². The highest BCUT2D eigenvalue weighted by atomic mass is 19.4. The van der Waals surface area contributed by atoms with Crippen LogP contribution < -0.4 is 16.7 Å². The van der Waals surface area contributed by atoms with Crippen LogP contribution in [-0.4, -0.2) is 68.4 Å². The van der Waals surface area contributed by atoms with Gasteiger partial charge in [0, 0.05) is 18.3 Å². The molecular formula is C14H19F3N4O6. The molecule has 1 amide bonds. The molecule has 1 fully saturated rings. The van der Waals surface area contributed by atoms with Crippen LogP contribution in [0.1, 0.15) is 18.2 Å². The Hall–Kier alpha value is -2.22. The summed E-state index contributed by atoms with van der Waals surface area (Å²) in [5.74, 6) is -2.23. The van der Waals surface area contributed by atoms with Crippen molar-refractivity contribution in [2.75, 3.05) is 18.9 Å². The normalized spacial score (nSPS) is 25.6. The lowest BCUT2D eigenvalue weighted by atomic mass is 10.1. The maximum absolute atomic E-state index is 12.1. The molecule has 2 heterocycles. The van der Waals surface area contributed by atoms with Gasteiger partial charge in [0.05, 0.1) is 6.61 Å². The summed E-state index contributed by atoms with van der Waals surface area (Å²) in [5, 5.41) is 30.6. The molecule has 0 saturated carbocycles. The Bertz CT molecular complexity index is 741. The number of nitrogens with two attached hydrogens (primary N) is 1. The summed E-state index contributed by atoms with van der Waals surface area (Å²) in [6.07, 6.45) is -8.98. The van der Waals surface area contributed by atoms with Gasteiger partial charge in [-0.3, -0.25) is 9.36 Å². The van der Waals surface area contributed by atoms with Gasteiger partial charge in [0.2, 0.25) is 0 Å². The summed E-state index contributed by atoms with van der Waals surface area (Å²) in [4.78, 5) is 26.3. The fourth-order valence-electron chi connectivity index (χ4n) is 2.59. The number of nitrogens with one attached hydrogen (secondary N) is 1. The lowest BCUT2D eigenvalue weighted by Crippen LogP contribution is -2.37. The number of nitrogen functional groups attached to an aromatic ring is 1. The van der Waals surface area contributed by atoms with E-state index in [9.17, 15) is 33.0 Å². The number of hydrogen-bond donors (Lipinski definition) is 5. The standard InChI is InChI=1S/C14H19F3N4O6/c15-14(16,17)12(25)19-3-1-2-6-4-21(13(26)20-10(6)18)11-9(24)8(23)7(5-22)27-11/h4,7-9,11,22-24H,1-3,5H2,(H,19,25)(H2,18,20,26)/t7-,8+,9+,11-/m1/s1. The molecule has 1 saturated heterocycles. The van der Waals surface area contributed by atoms with Gasteiger partial charge in [0.1, 0.15) is 24.1 Å². The molecule has 0 unspecified atom stereocenters. The van der Waals surface area contributed by atoms with E-state index in [1.807, 2.05) is 0 Å². The highest BCUT2D eigenvalue weighted by molar-refractivity contribution is 5.81. The maximum atomic E-state index is 12.1. The number of carbonyl (C=O) groups is 1. The number of halogens is 3. The van der Waals surface area contributed by atoms with E-state index in [2.05, 4.69) is 4.98 Å². The first-order chi connectivity index (χ1) is 12.6. The highest BCUT2D eigenvalue weighted by Crippen LogP contribution is 2.28. The second-order valence-electron chi connectivity index (χ2n) is 5.93. The summed E-state index contributed by atoms with van der Waals surface area (Å²) in [6, 6.07) is 0. The third-order valence-corrected chi connectivity index (χ3v) is 4.02. The number of anilines is 1. The van der Waals surface area contributed by atoms with Gasteiger partial charge in [-0.05, 0) is 12.8 Å². The van der Waals surface area contributed by atoms with E-state index in [1.165, 1.54) is 6.20 Å². The number of aliphatic hydroxyl groups excluding tert-OH is 3. The minimum atomic E-state index is -4.98. The van der Waals surface area contributed by atoms with E-state index in [0.29, 0.717) is 0 Å². The fraction of sp³-hybridized carbons (Fsp3) is 0.643. The first kappa shape index (κ1) is 21.1. The molecule has 13 heteroatoms. The molecule has 1 aliphatic heterocycles. The number of ether oxygens (including phenoxy) is 1. The van der Waals surface area contributed by atoms with Crippen LogP contribution in [0, 0.1) is 0 Å². The second kappa shape index (κ2) is 8.21. The molecule has 0 aromatic carbocycles. The smallest absolute Gasteiger partial charge is 0.394 e. The third kappa shape index (κ3) is 4.74. The zero-order valence-corrected chi connectivity index (χ0v) is 13.9. The maximum Gasteiger partial charge on any atom is 0.471 e. The largest absolute Gasteiger partial charge is 0.471 e. The van der Waals surface area contributed by atoms with E-state index in [1.54, 1.807) is 5.32 Å². The highest BCUT2D eigenvalue weighted by Gasteiger charge is 2.44. The van der Waals surface area contributed by atoms with Crippen LogP contribution in [0.25, 0.3) is 0 Å². The van der Waals surface area contributed by atoms with Crippen LogP contribution in [0.2, 0.25) is 0 Å². The first-order valence-electron chi connectivity index (χ1n) is 7.91. The van der Waals surface area contributed by atoms with Crippen molar-refractivity contribution in [3.63, 3.8) is 0 Å². The number of hydrogen-bond acceptors (Lipinski definition) is 8. The van der Waals surface area contributed by atoms with Crippen molar-refractivity contribution < 1.29 is 38.0 Å². The molecule has 1 aromatic rings. The van der Waals surface area contributed by atoms with Crippen LogP contribution >= 0.6 is 0 Å². The predicted octanol–water partition coefficient (Wildman–Crippen LogP) is -1.95. The van der Waals surface area contributed by atoms with Crippen LogP contribution in [0.5, 0.6) is 0 Å². The van der Waals surface area contributed by atoms with Gasteiger partial charge in [-0.25, -0.2) is 4.79 Å². The average Bonchev–Trinajstić information content (AvgIpc) is 2.87. The first-order valence-corrected chi connectivity index (χ1v) is 7.91. The number of rotatable bonds is 6. The van der Waals surface area contributed by atoms with Gasteiger partial charge in [-0.1, -0.05) is 0 Å². The molecule has 4 atom stereocenters. The summed E-state index contributed by atoms with van der Waals surface area (Å²) in [6.45, 7) is -0.873. The number of amides is 1. The lowest BCUT2D eigenvalue weighted by Gasteiger charge is -2.18. The molecule has 27 heavy (non-hydrogen) atoms. The number of alkyl halides is 3. The minimum absolute atomic E-state index is 0.0713. The summed E-state index contributed by atoms with van der Waals surface area (Å²) in [7, 11) is 0. The van der Waals surface area contributed by atoms with Crippen LogP contribution in [0.15, 0.2) is 11.0 Å². The molecule has 152 valence electrons. The summed E-state index contributed by atoms with van der Waals surface area (Å²) < 4.78 is 42.4. The van der Waals surface area contributed by atoms with E-state index < -0.39 is 48.9 Å². The molecule has 2 rings (SSSR count). The van der Waals surface area contributed by atoms with E-state index >= 15 is 0 Å². The Morgan fingerprint density at radius 3 is 2.59 bits per heavy atom. The van der Waals surface area contributed by atoms with Crippen LogP contribution in [0.3, 0.4) is 0 Å². The van der Waals surface area contributed by atoms with E-state index in [4.69, 9.17) is 15.6 Å². The summed E-state index contributed by atoms with van der Waals surface area (Å²) >= 11 is 0. The fourth-order valence-corrected chi connectivity index (χ4v) is 2.59. The van der Waals surface area contributed by atoms with Crippen molar-refractivity contribution >= 4 is 11.7 Å². The molecule has 10 nitrogen and oxygen atoms in total. The zero-order valence-electron chi connectivity index (χ0n) is 13.9. The molecule has 0 aliphatic carbocycles. The molecule has 0 bridgehead atoms. The molecule has 1 aliphatic rings. The third-order valence-electron chi connectivity index (χ3n) is 4.02. The second-order valence-corrected chi connectivity index (χ2v) is 5.93. The van der Waals surface area contributed by atoms with Crippen LogP contribution in [0.4, 0.5) is 19.0 Å². The molecule has 6 N–H and O–H groups in total. The van der Waals surface area contributed by atoms with Gasteiger partial charge in [0.15, 0.2) is 6.23 Å². The van der Waals surface area contributed by atoms with Crippen molar-refractivity contribution in [2.24, 2.45) is 0 Å². The number of carbonyl (C=O) groups excluding carboxylic acids is 1. The SMILES string of the molecule is Nc1nc(=O)n([C@@H]2O[C@H](CO)[C@H](O)[C@@H]2O)cc1CCCNC(=O)C(F)(F)F. The van der Waals surface area contributed by atoms with Crippen LogP contribution in [-0.2, 0) is 16.0 Å². The van der Waals surface area contributed by atoms with Gasteiger partial charge in [-0.2, -0.15) is 18.2 Å². The van der Waals surface area contributed by atoms with Crippen molar-refractivity contribution in [1.82, 2.24) is 14.9 Å². The monoisotopic (exact) mass is 396 g/mol. The molecule has 0 spiro atoms. The molecular weight excluding hydrogens is 377 g/mol. The Labute approximate surface area is 150 Å². The Kier molecular flexibility index (Phi) is 6.41. The van der Waals surface area contributed by atoms with Gasteiger partial charge < -0.3 is 31.1 Å². The average molecular weight is 396 g/mol. The number of aliphatic hydroxyl groups is 3. The zero-order chi connectivity index (χ0) is 20.4. The van der Waals surface area contributed by atoms with Gasteiger partial charge in [-0.15, -0.1) is 0 Å². The Morgan fingerprint density at radius 2 is 2.04 bits per heavy atom. The Morgan fingerprint density at radius 1 is 1.37 bits per heavy atom.